The van der Waals surface area contributed by atoms with Gasteiger partial charge in [0.1, 0.15) is 0 Å². The van der Waals surface area contributed by atoms with Gasteiger partial charge < -0.3 is 4.74 Å². The molecule has 0 amide bonds. The fourth-order valence-corrected chi connectivity index (χ4v) is 2.74. The van der Waals surface area contributed by atoms with E-state index in [2.05, 4.69) is 5.10 Å². The van der Waals surface area contributed by atoms with E-state index >= 15 is 0 Å². The first-order valence-electron chi connectivity index (χ1n) is 6.46. The third-order valence-corrected chi connectivity index (χ3v) is 4.22. The predicted molar refractivity (Wildman–Crippen MR) is 83.5 cm³/mol. The van der Waals surface area contributed by atoms with Crippen LogP contribution in [0.1, 0.15) is 29.8 Å². The Hall–Kier alpha value is -1.52. The molecule has 0 aliphatic rings. The average molecular weight is 327 g/mol. The highest BCUT2D eigenvalue weighted by molar-refractivity contribution is 6.42. The second-order valence-electron chi connectivity index (χ2n) is 4.84. The molecule has 0 saturated heterocycles. The minimum absolute atomic E-state index is 0.283. The third kappa shape index (κ3) is 2.92. The summed E-state index contributed by atoms with van der Waals surface area (Å²) in [6.07, 6.45) is 0. The number of esters is 1. The van der Waals surface area contributed by atoms with E-state index in [0.29, 0.717) is 10.0 Å². The Bertz CT molecular complexity index is 695. The molecule has 0 aliphatic carbocycles. The predicted octanol–water partition coefficient (Wildman–Crippen LogP) is 4.07. The van der Waals surface area contributed by atoms with Gasteiger partial charge in [0.15, 0.2) is 0 Å². The van der Waals surface area contributed by atoms with Crippen LogP contribution in [0.4, 0.5) is 0 Å². The number of carbonyl (C=O) groups is 1. The molecule has 21 heavy (non-hydrogen) atoms. The Morgan fingerprint density at radius 1 is 1.29 bits per heavy atom. The molecule has 1 aromatic carbocycles. The zero-order valence-electron chi connectivity index (χ0n) is 12.3. The van der Waals surface area contributed by atoms with Crippen molar-refractivity contribution >= 4 is 29.2 Å². The molecule has 1 aromatic heterocycles. The van der Waals surface area contributed by atoms with Gasteiger partial charge in [-0.3, -0.25) is 4.79 Å². The molecule has 1 heterocycles. The van der Waals surface area contributed by atoms with Gasteiger partial charge in [-0.25, -0.2) is 4.68 Å². The van der Waals surface area contributed by atoms with Crippen LogP contribution in [0.5, 0.6) is 0 Å². The summed E-state index contributed by atoms with van der Waals surface area (Å²) in [6, 6.07) is 5.30. The third-order valence-electron chi connectivity index (χ3n) is 3.48. The van der Waals surface area contributed by atoms with Crippen molar-refractivity contribution in [3.63, 3.8) is 0 Å². The van der Waals surface area contributed by atoms with E-state index in [1.165, 1.54) is 7.11 Å². The SMILES string of the molecule is COC(=O)C(C)c1c(C)nn(-c2ccc(Cl)c(Cl)c2)c1C. The lowest BCUT2D eigenvalue weighted by Crippen LogP contribution is -2.12. The summed E-state index contributed by atoms with van der Waals surface area (Å²) in [5, 5.41) is 5.45. The number of aromatic nitrogens is 2. The number of aryl methyl sites for hydroxylation is 1. The quantitative estimate of drug-likeness (QED) is 0.798. The normalized spacial score (nSPS) is 12.3. The lowest BCUT2D eigenvalue weighted by atomic mass is 9.99. The summed E-state index contributed by atoms with van der Waals surface area (Å²) in [5.41, 5.74) is 3.33. The second kappa shape index (κ2) is 6.08. The van der Waals surface area contributed by atoms with Gasteiger partial charge in [0, 0.05) is 11.3 Å². The summed E-state index contributed by atoms with van der Waals surface area (Å²) in [5.74, 6) is -0.651. The van der Waals surface area contributed by atoms with E-state index in [-0.39, 0.29) is 11.9 Å². The van der Waals surface area contributed by atoms with Gasteiger partial charge in [-0.1, -0.05) is 23.2 Å². The maximum Gasteiger partial charge on any atom is 0.312 e. The minimum atomic E-state index is -0.369. The Balaban J connectivity index is 2.52. The highest BCUT2D eigenvalue weighted by Gasteiger charge is 2.24. The van der Waals surface area contributed by atoms with Crippen LogP contribution >= 0.6 is 23.2 Å². The van der Waals surface area contributed by atoms with Gasteiger partial charge in [0.25, 0.3) is 0 Å². The Kier molecular flexibility index (Phi) is 4.59. The molecule has 2 rings (SSSR count). The molecule has 0 aliphatic heterocycles. The zero-order chi connectivity index (χ0) is 15.7. The minimum Gasteiger partial charge on any atom is -0.469 e. The number of hydrogen-bond donors (Lipinski definition) is 0. The van der Waals surface area contributed by atoms with Crippen molar-refractivity contribution in [3.8, 4) is 5.69 Å². The van der Waals surface area contributed by atoms with E-state index in [1.807, 2.05) is 26.8 Å². The molecule has 0 N–H and O–H groups in total. The fourth-order valence-electron chi connectivity index (χ4n) is 2.44. The molecule has 0 spiro atoms. The number of benzene rings is 1. The first kappa shape index (κ1) is 15.9. The monoisotopic (exact) mass is 326 g/mol. The number of methoxy groups -OCH3 is 1. The first-order valence-corrected chi connectivity index (χ1v) is 7.21. The van der Waals surface area contributed by atoms with Gasteiger partial charge in [0.05, 0.1) is 34.5 Å². The van der Waals surface area contributed by atoms with Crippen LogP contribution < -0.4 is 0 Å². The van der Waals surface area contributed by atoms with Crippen molar-refractivity contribution in [2.24, 2.45) is 0 Å². The molecule has 6 heteroatoms. The van der Waals surface area contributed by atoms with E-state index in [0.717, 1.165) is 22.6 Å². The lowest BCUT2D eigenvalue weighted by molar-refractivity contribution is -0.142. The Morgan fingerprint density at radius 3 is 2.52 bits per heavy atom. The van der Waals surface area contributed by atoms with Gasteiger partial charge in [-0.05, 0) is 39.0 Å². The molecule has 0 fully saturated rings. The number of halogens is 2. The summed E-state index contributed by atoms with van der Waals surface area (Å²) in [6.45, 7) is 5.59. The van der Waals surface area contributed by atoms with Crippen molar-refractivity contribution < 1.29 is 9.53 Å². The molecule has 1 unspecified atom stereocenters. The number of rotatable bonds is 3. The number of nitrogens with zero attached hydrogens (tertiary/aromatic N) is 2. The summed E-state index contributed by atoms with van der Waals surface area (Å²) < 4.78 is 6.57. The molecule has 4 nitrogen and oxygen atoms in total. The van der Waals surface area contributed by atoms with Crippen molar-refractivity contribution in [3.05, 3.63) is 45.2 Å². The van der Waals surface area contributed by atoms with Gasteiger partial charge in [-0.2, -0.15) is 5.10 Å². The number of hydrogen-bond acceptors (Lipinski definition) is 3. The van der Waals surface area contributed by atoms with Crippen molar-refractivity contribution in [2.75, 3.05) is 7.11 Å². The van der Waals surface area contributed by atoms with E-state index in [4.69, 9.17) is 27.9 Å². The van der Waals surface area contributed by atoms with Crippen molar-refractivity contribution in [1.82, 2.24) is 9.78 Å². The Labute approximate surface area is 133 Å². The van der Waals surface area contributed by atoms with Crippen LogP contribution in [0.3, 0.4) is 0 Å². The molecule has 2 aromatic rings. The molecular formula is C15H16Cl2N2O2. The van der Waals surface area contributed by atoms with Crippen molar-refractivity contribution in [2.45, 2.75) is 26.7 Å². The molecule has 0 radical (unpaired) electrons. The van der Waals surface area contributed by atoms with Gasteiger partial charge in [-0.15, -0.1) is 0 Å². The van der Waals surface area contributed by atoms with Crippen molar-refractivity contribution in [1.29, 1.82) is 0 Å². The van der Waals surface area contributed by atoms with Crippen LogP contribution in [0, 0.1) is 13.8 Å². The van der Waals surface area contributed by atoms with Crippen LogP contribution in [0.25, 0.3) is 5.69 Å². The highest BCUT2D eigenvalue weighted by atomic mass is 35.5. The van der Waals surface area contributed by atoms with E-state index in [1.54, 1.807) is 16.8 Å². The maximum atomic E-state index is 11.8. The van der Waals surface area contributed by atoms with E-state index < -0.39 is 0 Å². The lowest BCUT2D eigenvalue weighted by Gasteiger charge is -2.10. The fraction of sp³-hybridized carbons (Fsp3) is 0.333. The number of ether oxygens (including phenoxy) is 1. The van der Waals surface area contributed by atoms with E-state index in [9.17, 15) is 4.79 Å². The van der Waals surface area contributed by atoms with Crippen LogP contribution in [0.2, 0.25) is 10.0 Å². The second-order valence-corrected chi connectivity index (χ2v) is 5.65. The van der Waals surface area contributed by atoms with Crippen LogP contribution in [-0.2, 0) is 9.53 Å². The van der Waals surface area contributed by atoms with Crippen LogP contribution in [0.15, 0.2) is 18.2 Å². The largest absolute Gasteiger partial charge is 0.469 e. The summed E-state index contributed by atoms with van der Waals surface area (Å²) in [4.78, 5) is 11.8. The molecule has 0 bridgehead atoms. The Morgan fingerprint density at radius 2 is 1.95 bits per heavy atom. The van der Waals surface area contributed by atoms with Gasteiger partial charge in [0.2, 0.25) is 0 Å². The smallest absolute Gasteiger partial charge is 0.312 e. The molecule has 112 valence electrons. The number of carbonyl (C=O) groups excluding carboxylic acids is 1. The average Bonchev–Trinajstić information content (AvgIpc) is 2.75. The maximum absolute atomic E-state index is 11.8. The van der Waals surface area contributed by atoms with Crippen LogP contribution in [-0.4, -0.2) is 22.9 Å². The highest BCUT2D eigenvalue weighted by Crippen LogP contribution is 2.29. The molecule has 1 atom stereocenters. The molecule has 0 saturated carbocycles. The zero-order valence-corrected chi connectivity index (χ0v) is 13.8. The standard InChI is InChI=1S/C15H16Cl2N2O2/c1-8(15(20)21-4)14-9(2)18-19(10(14)3)11-5-6-12(16)13(17)7-11/h5-8H,1-4H3. The summed E-state index contributed by atoms with van der Waals surface area (Å²) >= 11 is 12.0. The van der Waals surface area contributed by atoms with Gasteiger partial charge >= 0.3 is 5.97 Å². The first-order chi connectivity index (χ1) is 9.86. The summed E-state index contributed by atoms with van der Waals surface area (Å²) in [7, 11) is 1.38. The topological polar surface area (TPSA) is 44.1 Å². The molecular weight excluding hydrogens is 311 g/mol.